The molecule has 3 aromatic heterocycles. The molecule has 0 saturated heterocycles. The van der Waals surface area contributed by atoms with Crippen LogP contribution in [-0.2, 0) is 24.2 Å². The van der Waals surface area contributed by atoms with Crippen molar-refractivity contribution in [1.82, 2.24) is 14.1 Å². The molecule has 192 valence electrons. The number of fused-ring (bicyclic) bond motifs is 4. The van der Waals surface area contributed by atoms with Crippen molar-refractivity contribution < 1.29 is 9.90 Å². The number of hydrogen-bond donors (Lipinski definition) is 1. The smallest absolute Gasteiger partial charge is 0.287 e. The normalized spacial score (nSPS) is 16.3. The van der Waals surface area contributed by atoms with Gasteiger partial charge in [0.2, 0.25) is 5.88 Å². The van der Waals surface area contributed by atoms with E-state index in [9.17, 15) is 14.7 Å². The maximum absolute atomic E-state index is 13.4. The first-order chi connectivity index (χ1) is 18.4. The van der Waals surface area contributed by atoms with E-state index in [4.69, 9.17) is 0 Å². The molecular formula is C29H27N5O3S. The Morgan fingerprint density at radius 1 is 1.18 bits per heavy atom. The predicted octanol–water partition coefficient (Wildman–Crippen LogP) is 6.16. The van der Waals surface area contributed by atoms with E-state index in [0.29, 0.717) is 23.2 Å². The number of hydrogen-bond acceptors (Lipinski definition) is 6. The van der Waals surface area contributed by atoms with Gasteiger partial charge in [-0.25, -0.2) is 4.98 Å². The molecule has 0 unspecified atom stereocenters. The Kier molecular flexibility index (Phi) is 6.15. The molecule has 1 aliphatic carbocycles. The van der Waals surface area contributed by atoms with E-state index in [1.807, 2.05) is 54.6 Å². The van der Waals surface area contributed by atoms with Gasteiger partial charge in [0.1, 0.15) is 10.9 Å². The quantitative estimate of drug-likeness (QED) is 0.278. The number of azo groups is 1. The van der Waals surface area contributed by atoms with Gasteiger partial charge >= 0.3 is 0 Å². The predicted molar refractivity (Wildman–Crippen MR) is 148 cm³/mol. The third kappa shape index (κ3) is 4.12. The van der Waals surface area contributed by atoms with Crippen molar-refractivity contribution in [3.05, 3.63) is 87.3 Å². The van der Waals surface area contributed by atoms with E-state index in [1.165, 1.54) is 15.8 Å². The first-order valence-corrected chi connectivity index (χ1v) is 13.5. The van der Waals surface area contributed by atoms with Crippen molar-refractivity contribution in [3.63, 3.8) is 0 Å². The lowest BCUT2D eigenvalue weighted by Crippen LogP contribution is -2.28. The second-order valence-electron chi connectivity index (χ2n) is 9.96. The number of rotatable bonds is 5. The molecule has 0 radical (unpaired) electrons. The van der Waals surface area contributed by atoms with Gasteiger partial charge in [0.25, 0.3) is 11.5 Å². The summed E-state index contributed by atoms with van der Waals surface area (Å²) in [5.74, 6) is -0.0716. The van der Waals surface area contributed by atoms with Crippen LogP contribution in [0.15, 0.2) is 75.9 Å². The Bertz CT molecular complexity index is 1770. The van der Waals surface area contributed by atoms with Crippen LogP contribution in [0.4, 0.5) is 5.69 Å². The van der Waals surface area contributed by atoms with Crippen molar-refractivity contribution in [2.75, 3.05) is 0 Å². The van der Waals surface area contributed by atoms with Crippen molar-refractivity contribution in [3.8, 4) is 5.88 Å². The van der Waals surface area contributed by atoms with Gasteiger partial charge < -0.3 is 9.67 Å². The summed E-state index contributed by atoms with van der Waals surface area (Å²) in [5.41, 5.74) is 2.88. The molecule has 1 aliphatic rings. The molecule has 8 nitrogen and oxygen atoms in total. The lowest BCUT2D eigenvalue weighted by Gasteiger charge is -2.17. The molecule has 1 amide bonds. The molecule has 0 saturated carbocycles. The van der Waals surface area contributed by atoms with Gasteiger partial charge in [-0.05, 0) is 49.3 Å². The highest BCUT2D eigenvalue weighted by atomic mass is 32.1. The number of thiophene rings is 1. The Hall–Kier alpha value is -4.11. The minimum Gasteiger partial charge on any atom is -0.493 e. The van der Waals surface area contributed by atoms with Crippen LogP contribution in [-0.4, -0.2) is 25.1 Å². The van der Waals surface area contributed by atoms with Crippen LogP contribution in [0.3, 0.4) is 0 Å². The second-order valence-corrected chi connectivity index (χ2v) is 11.0. The zero-order valence-electron chi connectivity index (χ0n) is 21.2. The van der Waals surface area contributed by atoms with Gasteiger partial charge in [0.15, 0.2) is 5.69 Å². The van der Waals surface area contributed by atoms with Crippen LogP contribution in [0.1, 0.15) is 42.3 Å². The maximum atomic E-state index is 13.4. The first-order valence-electron chi connectivity index (χ1n) is 12.7. The number of amides is 1. The number of aromatic nitrogens is 3. The Morgan fingerprint density at radius 3 is 2.76 bits per heavy atom. The number of nitrogens with zero attached hydrogens (tertiary/aromatic N) is 5. The van der Waals surface area contributed by atoms with Crippen molar-refractivity contribution >= 4 is 44.1 Å². The van der Waals surface area contributed by atoms with Crippen LogP contribution < -0.4 is 5.56 Å². The minimum absolute atomic E-state index is 0.0707. The summed E-state index contributed by atoms with van der Waals surface area (Å²) >= 11 is 1.58. The van der Waals surface area contributed by atoms with E-state index < -0.39 is 11.9 Å². The average molecular weight is 526 g/mol. The molecule has 6 rings (SSSR count). The molecule has 1 N–H and O–H groups in total. The van der Waals surface area contributed by atoms with Gasteiger partial charge in [-0.1, -0.05) is 55.5 Å². The summed E-state index contributed by atoms with van der Waals surface area (Å²) < 4.78 is 3.09. The minimum atomic E-state index is -0.888. The number of aromatic hydroxyl groups is 1. The van der Waals surface area contributed by atoms with E-state index in [0.717, 1.165) is 40.7 Å². The third-order valence-corrected chi connectivity index (χ3v) is 8.53. The lowest BCUT2D eigenvalue weighted by atomic mass is 9.89. The lowest BCUT2D eigenvalue weighted by molar-refractivity contribution is -0.121. The molecule has 3 heterocycles. The average Bonchev–Trinajstić information content (AvgIpc) is 3.42. The SMILES string of the molecule is C[C@@H]1CCc2c(sc3ncn([C@H](C)C(=O)N=Nc4c(O)n(Cc5ccccc5)c5ccccc45)c(=O)c23)C1. The molecule has 2 aromatic carbocycles. The van der Waals surface area contributed by atoms with Crippen molar-refractivity contribution in [1.29, 1.82) is 0 Å². The molecule has 0 bridgehead atoms. The van der Waals surface area contributed by atoms with E-state index in [2.05, 4.69) is 22.1 Å². The molecule has 0 fully saturated rings. The van der Waals surface area contributed by atoms with E-state index >= 15 is 0 Å². The monoisotopic (exact) mass is 525 g/mol. The van der Waals surface area contributed by atoms with Crippen molar-refractivity contribution in [2.45, 2.75) is 45.7 Å². The third-order valence-electron chi connectivity index (χ3n) is 7.37. The summed E-state index contributed by atoms with van der Waals surface area (Å²) in [4.78, 5) is 33.0. The van der Waals surface area contributed by atoms with E-state index in [1.54, 1.807) is 22.8 Å². The van der Waals surface area contributed by atoms with Gasteiger partial charge in [-0.3, -0.25) is 14.2 Å². The zero-order valence-corrected chi connectivity index (χ0v) is 22.0. The van der Waals surface area contributed by atoms with Crippen LogP contribution in [0.25, 0.3) is 21.1 Å². The fraction of sp³-hybridized carbons (Fsp3) is 0.276. The molecule has 0 aliphatic heterocycles. The van der Waals surface area contributed by atoms with Gasteiger partial charge in [-0.2, -0.15) is 0 Å². The summed E-state index contributed by atoms with van der Waals surface area (Å²) in [7, 11) is 0. The highest BCUT2D eigenvalue weighted by Gasteiger charge is 2.25. The highest BCUT2D eigenvalue weighted by Crippen LogP contribution is 2.39. The molecule has 2 atom stereocenters. The highest BCUT2D eigenvalue weighted by molar-refractivity contribution is 7.18. The zero-order chi connectivity index (χ0) is 26.4. The number of carbonyl (C=O) groups is 1. The van der Waals surface area contributed by atoms with Crippen LogP contribution in [0.2, 0.25) is 0 Å². The van der Waals surface area contributed by atoms with Crippen molar-refractivity contribution in [2.24, 2.45) is 16.1 Å². The molecule has 5 aromatic rings. The molecule has 9 heteroatoms. The van der Waals surface area contributed by atoms with E-state index in [-0.39, 0.29) is 17.1 Å². The van der Waals surface area contributed by atoms with Crippen LogP contribution in [0, 0.1) is 5.92 Å². The number of aryl methyl sites for hydroxylation is 1. The standard InChI is InChI=1S/C29H27N5O3S/c1-17-12-13-21-23(14-17)38-27-24(21)28(36)34(16-30-27)18(2)26(35)32-31-25-20-10-6-7-11-22(20)33(29(25)37)15-19-8-4-3-5-9-19/h3-11,16-18,37H,12-15H2,1-2H3/t17-,18-/m1/s1. The van der Waals surface area contributed by atoms with Crippen LogP contribution in [0.5, 0.6) is 5.88 Å². The van der Waals surface area contributed by atoms with Gasteiger partial charge in [0.05, 0.1) is 23.8 Å². The molecular weight excluding hydrogens is 498 g/mol. The fourth-order valence-electron chi connectivity index (χ4n) is 5.22. The molecule has 0 spiro atoms. The van der Waals surface area contributed by atoms with Crippen LogP contribution >= 0.6 is 11.3 Å². The summed E-state index contributed by atoms with van der Waals surface area (Å²) in [6, 6.07) is 16.4. The topological polar surface area (TPSA) is 102 Å². The largest absolute Gasteiger partial charge is 0.493 e. The maximum Gasteiger partial charge on any atom is 0.287 e. The Balaban J connectivity index is 1.32. The number of benzene rings is 2. The Labute approximate surface area is 222 Å². The first kappa shape index (κ1) is 24.2. The van der Waals surface area contributed by atoms with Gasteiger partial charge in [0, 0.05) is 10.3 Å². The summed E-state index contributed by atoms with van der Waals surface area (Å²) in [6.07, 6.45) is 4.28. The Morgan fingerprint density at radius 2 is 1.95 bits per heavy atom. The number of para-hydroxylation sites is 1. The molecule has 38 heavy (non-hydrogen) atoms. The number of carbonyl (C=O) groups excluding carboxylic acids is 1. The second kappa shape index (κ2) is 9.64. The van der Waals surface area contributed by atoms with Gasteiger partial charge in [-0.15, -0.1) is 21.6 Å². The summed E-state index contributed by atoms with van der Waals surface area (Å²) in [5, 5.41) is 20.5. The fourth-order valence-corrected chi connectivity index (χ4v) is 6.56. The summed E-state index contributed by atoms with van der Waals surface area (Å²) in [6.45, 7) is 4.29.